The van der Waals surface area contributed by atoms with Crippen LogP contribution in [0.25, 0.3) is 0 Å². The van der Waals surface area contributed by atoms with E-state index in [2.05, 4.69) is 0 Å². The monoisotopic (exact) mass is 511 g/mol. The number of nitrogens with zero attached hydrogens (tertiary/aromatic N) is 3. The molecule has 0 amide bonds. The number of ether oxygens (including phenoxy) is 1. The Kier molecular flexibility index (Phi) is 8.88. The second-order valence-electron chi connectivity index (χ2n) is 7.75. The maximum atomic E-state index is 12.9. The molecule has 1 rings (SSSR count). The second kappa shape index (κ2) is 9.47. The van der Waals surface area contributed by atoms with Crippen LogP contribution < -0.4 is 0 Å². The molecule has 0 radical (unpaired) electrons. The number of benzene rings is 1. The van der Waals surface area contributed by atoms with Crippen molar-refractivity contribution in [1.82, 2.24) is 9.80 Å². The Morgan fingerprint density at radius 2 is 1.28 bits per heavy atom. The van der Waals surface area contributed by atoms with Crippen molar-refractivity contribution >= 4 is 31.2 Å². The number of esters is 1. The summed E-state index contributed by atoms with van der Waals surface area (Å²) in [5.74, 6) is 0.617. The molecule has 0 aliphatic rings. The summed E-state index contributed by atoms with van der Waals surface area (Å²) in [4.78, 5) is 16.5. The molecule has 0 heterocycles. The van der Waals surface area contributed by atoms with Gasteiger partial charge in [-0.2, -0.15) is 0 Å². The molecule has 0 fully saturated rings. The summed E-state index contributed by atoms with van der Waals surface area (Å²) in [6.45, 7) is 5.83. The van der Waals surface area contributed by atoms with Gasteiger partial charge in [0.2, 0.25) is 0 Å². The zero-order valence-electron chi connectivity index (χ0n) is 19.4. The first-order valence-electron chi connectivity index (χ1n) is 9.07. The van der Waals surface area contributed by atoms with Crippen LogP contribution in [0.2, 0.25) is 0 Å². The number of hydrogen-bond acceptors (Lipinski definition) is 3. The van der Waals surface area contributed by atoms with Crippen LogP contribution in [-0.4, -0.2) is 68.5 Å². The van der Waals surface area contributed by atoms with Gasteiger partial charge in [-0.3, -0.25) is 9.48 Å². The summed E-state index contributed by atoms with van der Waals surface area (Å²) in [5.41, 5.74) is 3.46. The predicted molar refractivity (Wildman–Crippen MR) is 117 cm³/mol. The topological polar surface area (TPSA) is 35.8 Å². The summed E-state index contributed by atoms with van der Waals surface area (Å²) >= 11 is 6.46. The molecule has 0 aliphatic carbocycles. The van der Waals surface area contributed by atoms with Gasteiger partial charge in [0.05, 0.1) is 33.8 Å². The van der Waals surface area contributed by atoms with Gasteiger partial charge in [0, 0.05) is 14.1 Å². The molecule has 0 saturated heterocycles. The number of rotatable bonds is 4. The van der Waals surface area contributed by atoms with Gasteiger partial charge in [0.25, 0.3) is 5.76 Å². The Labute approximate surface area is 189 Å². The third-order valence-corrected chi connectivity index (χ3v) is 4.22. The summed E-state index contributed by atoms with van der Waals surface area (Å²) in [5, 5.41) is 0.355. The van der Waals surface area contributed by atoms with E-state index >= 15 is 0 Å². The second-order valence-corrected chi connectivity index (χ2v) is 10.0. The maximum absolute atomic E-state index is 12.9. The van der Waals surface area contributed by atoms with Crippen LogP contribution in [0.3, 0.4) is 0 Å². The Morgan fingerprint density at radius 1 is 0.906 bits per heavy atom. The zero-order valence-corrected chi connectivity index (χ0v) is 21.1. The van der Waals surface area contributed by atoms with Gasteiger partial charge in [0.15, 0.2) is 5.16 Å². The molecule has 1 aromatic rings. The third-order valence-electron chi connectivity index (χ3n) is 3.71. The number of likely N-dealkylation sites (N-methyl/N-ethyl adjacent to an activating group) is 1. The SMILES string of the molecule is Cc1cc(C)c(C(=O)O/C(C(N(C)C)=[N+](C)C)=C(\Cl)N(C)C)c(C)c1.F[P-](F)(F)(F)(F)F. The predicted octanol–water partition coefficient (Wildman–Crippen LogP) is 6.35. The van der Waals surface area contributed by atoms with E-state index in [1.807, 2.05) is 84.7 Å². The van der Waals surface area contributed by atoms with E-state index in [0.29, 0.717) is 22.3 Å². The van der Waals surface area contributed by atoms with Gasteiger partial charge in [-0.25, -0.2) is 4.79 Å². The first kappa shape index (κ1) is 30.0. The van der Waals surface area contributed by atoms with E-state index in [1.54, 1.807) is 4.90 Å². The van der Waals surface area contributed by atoms with E-state index in [9.17, 15) is 30.0 Å². The van der Waals surface area contributed by atoms with Crippen molar-refractivity contribution in [2.75, 3.05) is 42.3 Å². The molecule has 0 saturated carbocycles. The fourth-order valence-corrected chi connectivity index (χ4v) is 2.96. The summed E-state index contributed by atoms with van der Waals surface area (Å²) in [6, 6.07) is 3.95. The van der Waals surface area contributed by atoms with Crippen LogP contribution in [0.15, 0.2) is 23.0 Å². The van der Waals surface area contributed by atoms with Crippen LogP contribution in [0, 0.1) is 20.8 Å². The van der Waals surface area contributed by atoms with Crippen LogP contribution in [0.5, 0.6) is 0 Å². The fraction of sp³-hybridized carbons (Fsp3) is 0.474. The number of hydrogen-bond donors (Lipinski definition) is 0. The van der Waals surface area contributed by atoms with E-state index in [1.165, 1.54) is 0 Å². The van der Waals surface area contributed by atoms with Gasteiger partial charge in [-0.05, 0) is 31.9 Å². The van der Waals surface area contributed by atoms with Crippen LogP contribution in [0.1, 0.15) is 27.0 Å². The first-order valence-corrected chi connectivity index (χ1v) is 11.5. The van der Waals surface area contributed by atoms with Crippen LogP contribution in [0.4, 0.5) is 25.2 Å². The zero-order chi connectivity index (χ0) is 25.9. The molecule has 186 valence electrons. The van der Waals surface area contributed by atoms with Gasteiger partial charge >= 0.3 is 44.8 Å². The molecule has 0 spiro atoms. The Morgan fingerprint density at radius 3 is 1.56 bits per heavy atom. The molecule has 1 aromatic carbocycles. The van der Waals surface area contributed by atoms with Crippen molar-refractivity contribution < 1.29 is 39.3 Å². The number of halogens is 7. The molecule has 5 nitrogen and oxygen atoms in total. The number of carbonyl (C=O) groups is 1. The minimum atomic E-state index is -10.7. The normalized spacial score (nSPS) is 14.1. The summed E-state index contributed by atoms with van der Waals surface area (Å²) in [7, 11) is 0.478. The quantitative estimate of drug-likeness (QED) is 0.0689. The molecule has 0 bridgehead atoms. The molecule has 32 heavy (non-hydrogen) atoms. The van der Waals surface area contributed by atoms with Crippen molar-refractivity contribution in [3.63, 3.8) is 0 Å². The van der Waals surface area contributed by atoms with E-state index in [4.69, 9.17) is 16.3 Å². The Bertz CT molecular complexity index is 904. The fourth-order valence-electron chi connectivity index (χ4n) is 2.84. The van der Waals surface area contributed by atoms with E-state index in [-0.39, 0.29) is 0 Å². The first-order chi connectivity index (χ1) is 13.9. The number of aryl methyl sites for hydroxylation is 3. The number of carbonyl (C=O) groups excluding carboxylic acids is 1. The Hall–Kier alpha value is -2.00. The molecular formula is C19H29ClF6N3O2P. The van der Waals surface area contributed by atoms with Crippen LogP contribution in [-0.2, 0) is 4.74 Å². The van der Waals surface area contributed by atoms with Crippen molar-refractivity contribution in [3.05, 3.63) is 45.3 Å². The van der Waals surface area contributed by atoms with Gasteiger partial charge in [-0.1, -0.05) is 29.3 Å². The van der Waals surface area contributed by atoms with Gasteiger partial charge in [-0.15, -0.1) is 0 Å². The molecule has 0 atom stereocenters. The molecule has 0 N–H and O–H groups in total. The Balaban J connectivity index is 0.00000118. The average molecular weight is 512 g/mol. The number of amidine groups is 1. The molecule has 0 unspecified atom stereocenters. The van der Waals surface area contributed by atoms with Crippen molar-refractivity contribution in [2.24, 2.45) is 0 Å². The molecule has 0 aliphatic heterocycles. The average Bonchev–Trinajstić information content (AvgIpc) is 2.48. The summed E-state index contributed by atoms with van der Waals surface area (Å²) < 4.78 is 66.9. The van der Waals surface area contributed by atoms with Crippen molar-refractivity contribution in [2.45, 2.75) is 20.8 Å². The van der Waals surface area contributed by atoms with Gasteiger partial charge in [0.1, 0.15) is 0 Å². The standard InChI is InChI=1S/C19H29ClN3O2.F6P/c1-12-10-13(2)15(14(3)11-12)19(24)25-16(17(20)21(4)5)18(22(6)7)23(8)9;1-7(2,3,4,5)6/h10-11H,1-9H3;/q+1;-1. The summed E-state index contributed by atoms with van der Waals surface area (Å²) in [6.07, 6.45) is 0. The van der Waals surface area contributed by atoms with E-state index in [0.717, 1.165) is 16.7 Å². The third kappa shape index (κ3) is 11.6. The molecular weight excluding hydrogens is 483 g/mol. The minimum absolute atomic E-state index is 0.325. The van der Waals surface area contributed by atoms with E-state index < -0.39 is 13.8 Å². The van der Waals surface area contributed by atoms with Crippen molar-refractivity contribution in [1.29, 1.82) is 0 Å². The van der Waals surface area contributed by atoms with Crippen LogP contribution >= 0.6 is 19.4 Å². The molecule has 0 aromatic heterocycles. The van der Waals surface area contributed by atoms with Gasteiger partial charge < -0.3 is 9.64 Å². The van der Waals surface area contributed by atoms with Crippen molar-refractivity contribution in [3.8, 4) is 0 Å². The molecule has 13 heteroatoms.